The number of pyridine rings is 1. The van der Waals surface area contributed by atoms with Crippen molar-refractivity contribution in [2.45, 2.75) is 23.7 Å². The van der Waals surface area contributed by atoms with E-state index < -0.39 is 0 Å². The Labute approximate surface area is 144 Å². The Kier molecular flexibility index (Phi) is 4.30. The summed E-state index contributed by atoms with van der Waals surface area (Å²) in [5.41, 5.74) is 9.03. The van der Waals surface area contributed by atoms with Crippen molar-refractivity contribution in [3.63, 3.8) is 0 Å². The minimum Gasteiger partial charge on any atom is -0.496 e. The van der Waals surface area contributed by atoms with E-state index in [1.807, 2.05) is 17.8 Å². The smallest absolute Gasteiger partial charge is 0.139 e. The van der Waals surface area contributed by atoms with Gasteiger partial charge in [0.25, 0.3) is 0 Å². The van der Waals surface area contributed by atoms with Crippen LogP contribution in [-0.2, 0) is 0 Å². The third kappa shape index (κ3) is 3.19. The predicted molar refractivity (Wildman–Crippen MR) is 94.0 cm³/mol. The number of aromatic nitrogens is 1. The van der Waals surface area contributed by atoms with Crippen molar-refractivity contribution in [3.05, 3.63) is 42.5 Å². The summed E-state index contributed by atoms with van der Waals surface area (Å²) in [6.07, 6.45) is 6.04. The number of hydrogen-bond acceptors (Lipinski definition) is 6. The van der Waals surface area contributed by atoms with Gasteiger partial charge in [0.1, 0.15) is 17.1 Å². The van der Waals surface area contributed by atoms with Crippen LogP contribution >= 0.6 is 11.8 Å². The summed E-state index contributed by atoms with van der Waals surface area (Å²) in [6.45, 7) is 0. The maximum atomic E-state index is 13.7. The number of nitrogens with zero attached hydrogens (tertiary/aromatic N) is 1. The van der Waals surface area contributed by atoms with Crippen LogP contribution in [-0.4, -0.2) is 23.0 Å². The number of halogens is 1. The summed E-state index contributed by atoms with van der Waals surface area (Å²) in [4.78, 5) is 4.19. The van der Waals surface area contributed by atoms with Gasteiger partial charge in [0, 0.05) is 29.2 Å². The molecule has 1 aromatic carbocycles. The van der Waals surface area contributed by atoms with Crippen LogP contribution in [0.2, 0.25) is 0 Å². The standard InChI is InChI=1S/C17H19FN4OS/c1-23-15-5-4-11(18)8-12(15)13-9-19-7-6-14(13)20-17-22-21-16(24-17)10-2-3-10/h4-10,16-17,21-22H,2-3H2,1H3,(H,19,20). The number of methoxy groups -OCH3 is 1. The second kappa shape index (κ2) is 6.58. The van der Waals surface area contributed by atoms with Crippen LogP contribution in [0.1, 0.15) is 12.8 Å². The van der Waals surface area contributed by atoms with Gasteiger partial charge in [0.05, 0.1) is 12.5 Å². The quantitative estimate of drug-likeness (QED) is 0.773. The monoisotopic (exact) mass is 346 g/mol. The first kappa shape index (κ1) is 15.7. The number of anilines is 1. The third-order valence-electron chi connectivity index (χ3n) is 4.25. The van der Waals surface area contributed by atoms with Crippen LogP contribution in [0, 0.1) is 11.7 Å². The molecule has 2 aliphatic rings. The van der Waals surface area contributed by atoms with Gasteiger partial charge < -0.3 is 10.1 Å². The van der Waals surface area contributed by atoms with Crippen molar-refractivity contribution in [3.8, 4) is 16.9 Å². The molecule has 4 rings (SSSR count). The number of hydrogen-bond donors (Lipinski definition) is 3. The van der Waals surface area contributed by atoms with E-state index in [1.165, 1.54) is 25.0 Å². The fourth-order valence-electron chi connectivity index (χ4n) is 2.84. The summed E-state index contributed by atoms with van der Waals surface area (Å²) in [5, 5.41) is 3.90. The lowest BCUT2D eigenvalue weighted by molar-refractivity contribution is 0.415. The van der Waals surface area contributed by atoms with Crippen molar-refractivity contribution < 1.29 is 9.13 Å². The Balaban J connectivity index is 1.60. The van der Waals surface area contributed by atoms with Gasteiger partial charge in [0.15, 0.2) is 0 Å². The first-order valence-corrected chi connectivity index (χ1v) is 8.90. The molecule has 126 valence electrons. The lowest BCUT2D eigenvalue weighted by atomic mass is 10.0. The molecule has 0 amide bonds. The van der Waals surface area contributed by atoms with E-state index in [9.17, 15) is 4.39 Å². The minimum absolute atomic E-state index is 0.0521. The third-order valence-corrected chi connectivity index (χ3v) is 5.55. The van der Waals surface area contributed by atoms with Crippen LogP contribution in [0.4, 0.5) is 10.1 Å². The zero-order valence-corrected chi connectivity index (χ0v) is 14.1. The zero-order valence-electron chi connectivity index (χ0n) is 13.3. The topological polar surface area (TPSA) is 58.2 Å². The number of hydrazine groups is 1. The molecule has 2 fully saturated rings. The van der Waals surface area contributed by atoms with Gasteiger partial charge in [0.2, 0.25) is 0 Å². The molecule has 2 heterocycles. The second-order valence-electron chi connectivity index (χ2n) is 5.97. The first-order chi connectivity index (χ1) is 11.7. The van der Waals surface area contributed by atoms with Gasteiger partial charge >= 0.3 is 0 Å². The Hall–Kier alpha value is -1.83. The Morgan fingerprint density at radius 3 is 2.92 bits per heavy atom. The lowest BCUT2D eigenvalue weighted by Gasteiger charge is -2.17. The predicted octanol–water partition coefficient (Wildman–Crippen LogP) is 3.17. The molecule has 0 spiro atoms. The van der Waals surface area contributed by atoms with Crippen LogP contribution < -0.4 is 20.9 Å². The van der Waals surface area contributed by atoms with Gasteiger partial charge in [-0.25, -0.2) is 15.2 Å². The molecule has 2 unspecified atom stereocenters. The van der Waals surface area contributed by atoms with E-state index in [-0.39, 0.29) is 11.3 Å². The highest BCUT2D eigenvalue weighted by atomic mass is 32.2. The summed E-state index contributed by atoms with van der Waals surface area (Å²) in [5.74, 6) is 1.08. The second-order valence-corrected chi connectivity index (χ2v) is 7.22. The Morgan fingerprint density at radius 1 is 1.25 bits per heavy atom. The van der Waals surface area contributed by atoms with E-state index in [2.05, 4.69) is 21.2 Å². The van der Waals surface area contributed by atoms with Crippen molar-refractivity contribution in [1.29, 1.82) is 0 Å². The summed E-state index contributed by atoms with van der Waals surface area (Å²) in [6, 6.07) is 6.40. The summed E-state index contributed by atoms with van der Waals surface area (Å²) < 4.78 is 19.1. The van der Waals surface area contributed by atoms with Gasteiger partial charge in [-0.1, -0.05) is 11.8 Å². The van der Waals surface area contributed by atoms with E-state index in [0.29, 0.717) is 16.7 Å². The number of nitrogens with one attached hydrogen (secondary N) is 3. The van der Waals surface area contributed by atoms with Crippen molar-refractivity contribution in [2.75, 3.05) is 12.4 Å². The molecular weight excluding hydrogens is 327 g/mol. The molecular formula is C17H19FN4OS. The van der Waals surface area contributed by atoms with Crippen LogP contribution in [0.5, 0.6) is 5.75 Å². The SMILES string of the molecule is COc1ccc(F)cc1-c1cnccc1NC1NNC(C2CC2)S1. The highest BCUT2D eigenvalue weighted by Crippen LogP contribution is 2.41. The van der Waals surface area contributed by atoms with E-state index in [1.54, 1.807) is 25.6 Å². The van der Waals surface area contributed by atoms with Crippen molar-refractivity contribution in [2.24, 2.45) is 5.92 Å². The Bertz CT molecular complexity index is 740. The van der Waals surface area contributed by atoms with Crippen LogP contribution in [0.15, 0.2) is 36.7 Å². The largest absolute Gasteiger partial charge is 0.496 e. The van der Waals surface area contributed by atoms with E-state index in [0.717, 1.165) is 17.2 Å². The molecule has 2 aromatic rings. The molecule has 3 N–H and O–H groups in total. The maximum Gasteiger partial charge on any atom is 0.139 e. The van der Waals surface area contributed by atoms with Gasteiger partial charge in [-0.15, -0.1) is 0 Å². The number of rotatable bonds is 5. The minimum atomic E-state index is -0.301. The molecule has 1 aliphatic heterocycles. The molecule has 0 radical (unpaired) electrons. The highest BCUT2D eigenvalue weighted by Gasteiger charge is 2.37. The fraction of sp³-hybridized carbons (Fsp3) is 0.353. The number of benzene rings is 1. The average Bonchev–Trinajstić information content (AvgIpc) is 3.35. The molecule has 1 saturated carbocycles. The fourth-order valence-corrected chi connectivity index (χ4v) is 4.09. The molecule has 7 heteroatoms. The molecule has 1 aliphatic carbocycles. The normalized spacial score (nSPS) is 23.2. The molecule has 2 atom stereocenters. The molecule has 1 saturated heterocycles. The first-order valence-electron chi connectivity index (χ1n) is 7.95. The molecule has 24 heavy (non-hydrogen) atoms. The van der Waals surface area contributed by atoms with E-state index in [4.69, 9.17) is 4.74 Å². The van der Waals surface area contributed by atoms with Crippen LogP contribution in [0.3, 0.4) is 0 Å². The Morgan fingerprint density at radius 2 is 2.12 bits per heavy atom. The number of thioether (sulfide) groups is 1. The lowest BCUT2D eigenvalue weighted by Crippen LogP contribution is -2.37. The molecule has 1 aromatic heterocycles. The number of ether oxygens (including phenoxy) is 1. The summed E-state index contributed by atoms with van der Waals surface area (Å²) >= 11 is 1.83. The highest BCUT2D eigenvalue weighted by molar-refractivity contribution is 8.00. The summed E-state index contributed by atoms with van der Waals surface area (Å²) in [7, 11) is 1.58. The van der Waals surface area contributed by atoms with Gasteiger partial charge in [-0.2, -0.15) is 0 Å². The van der Waals surface area contributed by atoms with Gasteiger partial charge in [-0.05, 0) is 43.0 Å². The van der Waals surface area contributed by atoms with Crippen LogP contribution in [0.25, 0.3) is 11.1 Å². The molecule has 0 bridgehead atoms. The van der Waals surface area contributed by atoms with Gasteiger partial charge in [-0.3, -0.25) is 4.98 Å². The average molecular weight is 346 g/mol. The maximum absolute atomic E-state index is 13.7. The zero-order chi connectivity index (χ0) is 16.5. The van der Waals surface area contributed by atoms with Crippen molar-refractivity contribution in [1.82, 2.24) is 15.8 Å². The van der Waals surface area contributed by atoms with Crippen molar-refractivity contribution >= 4 is 17.4 Å². The molecule has 5 nitrogen and oxygen atoms in total. The van der Waals surface area contributed by atoms with E-state index >= 15 is 0 Å².